The Morgan fingerprint density at radius 2 is 2.04 bits per heavy atom. The number of hydrogen-bond acceptors (Lipinski definition) is 4. The summed E-state index contributed by atoms with van der Waals surface area (Å²) in [7, 11) is 1.55. The van der Waals surface area contributed by atoms with E-state index in [4.69, 9.17) is 9.84 Å². The molecule has 1 saturated carbocycles. The molecule has 7 heteroatoms. The zero-order valence-electron chi connectivity index (χ0n) is 16.0. The van der Waals surface area contributed by atoms with Crippen LogP contribution in [-0.2, 0) is 0 Å². The Labute approximate surface area is 162 Å². The van der Waals surface area contributed by atoms with Gasteiger partial charge in [-0.15, -0.1) is 0 Å². The van der Waals surface area contributed by atoms with Gasteiger partial charge in [0.2, 0.25) is 0 Å². The molecule has 1 amide bonds. The Hall–Kier alpha value is -2.96. The second kappa shape index (κ2) is 7.58. The third-order valence-electron chi connectivity index (χ3n) is 5.41. The number of ether oxygens (including phenoxy) is 1. The Kier molecular flexibility index (Phi) is 4.98. The Morgan fingerprint density at radius 3 is 2.71 bits per heavy atom. The van der Waals surface area contributed by atoms with Gasteiger partial charge in [-0.2, -0.15) is 5.10 Å². The molecule has 1 aliphatic carbocycles. The maximum Gasteiger partial charge on any atom is 0.274 e. The zero-order valence-corrected chi connectivity index (χ0v) is 16.0. The minimum Gasteiger partial charge on any atom is -0.494 e. The second-order valence-corrected chi connectivity index (χ2v) is 7.45. The van der Waals surface area contributed by atoms with Gasteiger partial charge in [-0.25, -0.2) is 9.37 Å². The number of anilines is 1. The van der Waals surface area contributed by atoms with E-state index < -0.39 is 11.7 Å². The lowest BCUT2D eigenvalue weighted by Crippen LogP contribution is -2.16. The van der Waals surface area contributed by atoms with Crippen molar-refractivity contribution in [1.82, 2.24) is 14.8 Å². The number of halogens is 1. The average Bonchev–Trinajstić information content (AvgIpc) is 3.11. The van der Waals surface area contributed by atoms with Crippen molar-refractivity contribution >= 4 is 22.5 Å². The Balaban J connectivity index is 1.61. The monoisotopic (exact) mass is 382 g/mol. The number of carbonyl (C=O) groups excluding carboxylic acids is 1. The topological polar surface area (TPSA) is 69.0 Å². The van der Waals surface area contributed by atoms with Crippen LogP contribution in [0.15, 0.2) is 36.7 Å². The van der Waals surface area contributed by atoms with Crippen LogP contribution in [0.5, 0.6) is 5.75 Å². The summed E-state index contributed by atoms with van der Waals surface area (Å²) in [4.78, 5) is 16.3. The first kappa shape index (κ1) is 18.4. The van der Waals surface area contributed by atoms with E-state index in [1.165, 1.54) is 25.0 Å². The molecule has 1 fully saturated rings. The highest BCUT2D eigenvalue weighted by atomic mass is 19.1. The van der Waals surface area contributed by atoms with Crippen LogP contribution in [-0.4, -0.2) is 27.8 Å². The third kappa shape index (κ3) is 3.69. The van der Waals surface area contributed by atoms with Crippen LogP contribution in [0.25, 0.3) is 10.9 Å². The SMILES string of the molecule is COc1cc2nn([C@H]3CC[C@H](C)CC3)cc2cc1NC(=O)c1ccc(F)cn1. The van der Waals surface area contributed by atoms with Gasteiger partial charge in [0.25, 0.3) is 5.91 Å². The van der Waals surface area contributed by atoms with Crippen molar-refractivity contribution in [1.29, 1.82) is 0 Å². The van der Waals surface area contributed by atoms with Crippen LogP contribution < -0.4 is 10.1 Å². The third-order valence-corrected chi connectivity index (χ3v) is 5.41. The zero-order chi connectivity index (χ0) is 19.7. The van der Waals surface area contributed by atoms with Gasteiger partial charge < -0.3 is 10.1 Å². The summed E-state index contributed by atoms with van der Waals surface area (Å²) >= 11 is 0. The van der Waals surface area contributed by atoms with E-state index in [0.29, 0.717) is 17.5 Å². The second-order valence-electron chi connectivity index (χ2n) is 7.45. The summed E-state index contributed by atoms with van der Waals surface area (Å²) in [5.41, 5.74) is 1.49. The highest BCUT2D eigenvalue weighted by Gasteiger charge is 2.21. The minimum atomic E-state index is -0.486. The highest BCUT2D eigenvalue weighted by molar-refractivity contribution is 6.05. The lowest BCUT2D eigenvalue weighted by atomic mass is 9.87. The largest absolute Gasteiger partial charge is 0.494 e. The molecule has 2 heterocycles. The fraction of sp³-hybridized carbons (Fsp3) is 0.381. The number of rotatable bonds is 4. The summed E-state index contributed by atoms with van der Waals surface area (Å²) in [6, 6.07) is 6.64. The van der Waals surface area contributed by atoms with Crippen molar-refractivity contribution in [3.8, 4) is 5.75 Å². The quantitative estimate of drug-likeness (QED) is 0.717. The summed E-state index contributed by atoms with van der Waals surface area (Å²) in [6.45, 7) is 2.30. The first-order valence-electron chi connectivity index (χ1n) is 9.53. The van der Waals surface area contributed by atoms with Crippen molar-refractivity contribution < 1.29 is 13.9 Å². The Bertz CT molecular complexity index is 992. The average molecular weight is 382 g/mol. The van der Waals surface area contributed by atoms with E-state index in [2.05, 4.69) is 17.2 Å². The van der Waals surface area contributed by atoms with Crippen molar-refractivity contribution in [2.24, 2.45) is 5.92 Å². The lowest BCUT2D eigenvalue weighted by Gasteiger charge is -2.26. The number of pyridine rings is 1. The number of fused-ring (bicyclic) bond motifs is 1. The fourth-order valence-electron chi connectivity index (χ4n) is 3.73. The minimum absolute atomic E-state index is 0.135. The van der Waals surface area contributed by atoms with Gasteiger partial charge >= 0.3 is 0 Å². The van der Waals surface area contributed by atoms with Crippen LogP contribution in [0, 0.1) is 11.7 Å². The molecular formula is C21H23FN4O2. The molecule has 28 heavy (non-hydrogen) atoms. The fourth-order valence-corrected chi connectivity index (χ4v) is 3.73. The molecule has 4 rings (SSSR count). The van der Waals surface area contributed by atoms with Crippen molar-refractivity contribution in [3.63, 3.8) is 0 Å². The summed E-state index contributed by atoms with van der Waals surface area (Å²) in [5.74, 6) is 0.389. The predicted octanol–water partition coefficient (Wildman–Crippen LogP) is 4.58. The first-order chi connectivity index (χ1) is 13.5. The number of benzene rings is 1. The number of aromatic nitrogens is 3. The number of amides is 1. The van der Waals surface area contributed by atoms with E-state index in [1.54, 1.807) is 7.11 Å². The maximum absolute atomic E-state index is 13.0. The van der Waals surface area contributed by atoms with Crippen LogP contribution in [0.4, 0.5) is 10.1 Å². The van der Waals surface area contributed by atoms with E-state index in [1.807, 2.05) is 23.0 Å². The highest BCUT2D eigenvalue weighted by Crippen LogP contribution is 2.34. The van der Waals surface area contributed by atoms with Crippen LogP contribution in [0.3, 0.4) is 0 Å². The molecule has 2 aromatic heterocycles. The number of hydrogen-bond donors (Lipinski definition) is 1. The predicted molar refractivity (Wildman–Crippen MR) is 105 cm³/mol. The molecule has 1 aromatic carbocycles. The molecule has 0 atom stereocenters. The number of nitrogens with zero attached hydrogens (tertiary/aromatic N) is 3. The van der Waals surface area contributed by atoms with Gasteiger partial charge in [0, 0.05) is 17.6 Å². The molecule has 146 valence electrons. The van der Waals surface area contributed by atoms with Gasteiger partial charge in [-0.1, -0.05) is 6.92 Å². The normalized spacial score (nSPS) is 19.5. The molecule has 0 spiro atoms. The van der Waals surface area contributed by atoms with Gasteiger partial charge in [0.05, 0.1) is 30.6 Å². The van der Waals surface area contributed by atoms with Crippen LogP contribution >= 0.6 is 0 Å². The number of carbonyl (C=O) groups is 1. The molecule has 0 bridgehead atoms. The van der Waals surface area contributed by atoms with Crippen molar-refractivity contribution in [2.45, 2.75) is 38.6 Å². The molecule has 0 aliphatic heterocycles. The lowest BCUT2D eigenvalue weighted by molar-refractivity contribution is 0.102. The van der Waals surface area contributed by atoms with E-state index in [-0.39, 0.29) is 5.69 Å². The van der Waals surface area contributed by atoms with Crippen LogP contribution in [0.1, 0.15) is 49.1 Å². The van der Waals surface area contributed by atoms with Crippen LogP contribution in [0.2, 0.25) is 0 Å². The molecular weight excluding hydrogens is 359 g/mol. The first-order valence-corrected chi connectivity index (χ1v) is 9.53. The van der Waals surface area contributed by atoms with Crippen molar-refractivity contribution in [2.75, 3.05) is 12.4 Å². The van der Waals surface area contributed by atoms with Gasteiger partial charge in [-0.3, -0.25) is 9.48 Å². The summed E-state index contributed by atoms with van der Waals surface area (Å²) < 4.78 is 20.5. The molecule has 1 N–H and O–H groups in total. The Morgan fingerprint density at radius 1 is 1.25 bits per heavy atom. The molecule has 3 aromatic rings. The van der Waals surface area contributed by atoms with E-state index in [0.717, 1.165) is 35.9 Å². The smallest absolute Gasteiger partial charge is 0.274 e. The van der Waals surface area contributed by atoms with Crippen molar-refractivity contribution in [3.05, 3.63) is 48.2 Å². The maximum atomic E-state index is 13.0. The number of nitrogens with one attached hydrogen (secondary N) is 1. The van der Waals surface area contributed by atoms with Gasteiger partial charge in [0.15, 0.2) is 0 Å². The van der Waals surface area contributed by atoms with E-state index >= 15 is 0 Å². The van der Waals surface area contributed by atoms with Gasteiger partial charge in [-0.05, 0) is 49.8 Å². The molecule has 0 saturated heterocycles. The molecule has 6 nitrogen and oxygen atoms in total. The summed E-state index contributed by atoms with van der Waals surface area (Å²) in [6.07, 6.45) is 7.75. The molecule has 1 aliphatic rings. The molecule has 0 radical (unpaired) electrons. The molecule has 0 unspecified atom stereocenters. The summed E-state index contributed by atoms with van der Waals surface area (Å²) in [5, 5.41) is 8.46. The number of methoxy groups -OCH3 is 1. The van der Waals surface area contributed by atoms with E-state index in [9.17, 15) is 9.18 Å². The standard InChI is InChI=1S/C21H23FN4O2/c1-13-3-6-16(7-4-13)26-12-14-9-19(20(28-2)10-18(14)25-26)24-21(27)17-8-5-15(22)11-23-17/h5,8-13,16H,3-4,6-7H2,1-2H3,(H,24,27)/t13-,16-. The van der Waals surface area contributed by atoms with Gasteiger partial charge in [0.1, 0.15) is 17.3 Å².